The second kappa shape index (κ2) is 9.51. The molecule has 0 radical (unpaired) electrons. The highest BCUT2D eigenvalue weighted by molar-refractivity contribution is 7.92. The number of ether oxygens (including phenoxy) is 3. The summed E-state index contributed by atoms with van der Waals surface area (Å²) in [5.41, 5.74) is 0.195. The lowest BCUT2D eigenvalue weighted by atomic mass is 10.1. The second-order valence-corrected chi connectivity index (χ2v) is 8.07. The van der Waals surface area contributed by atoms with Crippen molar-refractivity contribution in [3.05, 3.63) is 42.0 Å². The van der Waals surface area contributed by atoms with Crippen molar-refractivity contribution < 1.29 is 27.4 Å². The molecule has 2 aromatic carbocycles. The molecule has 0 aliphatic rings. The molecule has 0 spiro atoms. The monoisotopic (exact) mass is 422 g/mol. The van der Waals surface area contributed by atoms with Gasteiger partial charge in [-0.25, -0.2) is 8.42 Å². The van der Waals surface area contributed by atoms with Crippen LogP contribution in [-0.2, 0) is 10.0 Å². The van der Waals surface area contributed by atoms with Gasteiger partial charge >= 0.3 is 0 Å². The molecule has 1 amide bonds. The number of rotatable bonds is 9. The number of amides is 1. The van der Waals surface area contributed by atoms with Gasteiger partial charge in [0.2, 0.25) is 0 Å². The van der Waals surface area contributed by atoms with E-state index >= 15 is 0 Å². The number of nitrogens with one attached hydrogen (secondary N) is 2. The minimum absolute atomic E-state index is 0.0333. The maximum absolute atomic E-state index is 12.9. The molecule has 2 rings (SSSR count). The maximum atomic E-state index is 12.9. The van der Waals surface area contributed by atoms with Crippen molar-refractivity contribution >= 4 is 21.6 Å². The summed E-state index contributed by atoms with van der Waals surface area (Å²) in [6, 6.07) is 8.72. The number of benzene rings is 2. The molecule has 9 heteroatoms. The third-order valence-corrected chi connectivity index (χ3v) is 5.26. The predicted molar refractivity (Wildman–Crippen MR) is 111 cm³/mol. The Kier molecular flexibility index (Phi) is 7.33. The Morgan fingerprint density at radius 1 is 1.03 bits per heavy atom. The standard InChI is InChI=1S/C20H26N2O6S/c1-6-28-14-7-9-15(10-8-14)29(24,25)22-17-12-19(27-5)18(26-4)11-16(17)20(23)21-13(2)3/h7-13,22H,6H2,1-5H3,(H,21,23). The first-order chi connectivity index (χ1) is 13.7. The second-order valence-electron chi connectivity index (χ2n) is 6.39. The van der Waals surface area contributed by atoms with E-state index in [0.717, 1.165) is 0 Å². The lowest BCUT2D eigenvalue weighted by molar-refractivity contribution is 0.0943. The summed E-state index contributed by atoms with van der Waals surface area (Å²) >= 11 is 0. The van der Waals surface area contributed by atoms with Crippen LogP contribution in [0.5, 0.6) is 17.2 Å². The molecule has 158 valence electrons. The molecule has 8 nitrogen and oxygen atoms in total. The summed E-state index contributed by atoms with van der Waals surface area (Å²) in [7, 11) is -1.09. The van der Waals surface area contributed by atoms with Crippen molar-refractivity contribution in [3.8, 4) is 17.2 Å². The first-order valence-electron chi connectivity index (χ1n) is 9.04. The Balaban J connectivity index is 2.46. The minimum Gasteiger partial charge on any atom is -0.494 e. The van der Waals surface area contributed by atoms with Gasteiger partial charge in [-0.05, 0) is 51.1 Å². The average molecular weight is 423 g/mol. The van der Waals surface area contributed by atoms with E-state index < -0.39 is 15.9 Å². The Bertz CT molecular complexity index is 956. The van der Waals surface area contributed by atoms with Gasteiger partial charge in [0.25, 0.3) is 15.9 Å². The number of methoxy groups -OCH3 is 2. The van der Waals surface area contributed by atoms with Crippen LogP contribution < -0.4 is 24.2 Å². The fourth-order valence-electron chi connectivity index (χ4n) is 2.58. The highest BCUT2D eigenvalue weighted by Crippen LogP contribution is 2.34. The quantitative estimate of drug-likeness (QED) is 0.644. The molecule has 0 aliphatic heterocycles. The van der Waals surface area contributed by atoms with Crippen LogP contribution in [0.25, 0.3) is 0 Å². The molecular weight excluding hydrogens is 396 g/mol. The van der Waals surface area contributed by atoms with Crippen molar-refractivity contribution in [3.63, 3.8) is 0 Å². The molecule has 0 saturated carbocycles. The van der Waals surface area contributed by atoms with Crippen LogP contribution in [0.3, 0.4) is 0 Å². The van der Waals surface area contributed by atoms with Crippen LogP contribution in [0, 0.1) is 0 Å². The molecule has 0 bridgehead atoms. The van der Waals surface area contributed by atoms with Crippen molar-refractivity contribution in [2.24, 2.45) is 0 Å². The molecule has 29 heavy (non-hydrogen) atoms. The topological polar surface area (TPSA) is 103 Å². The van der Waals surface area contributed by atoms with Gasteiger partial charge in [-0.2, -0.15) is 0 Å². The van der Waals surface area contributed by atoms with Crippen molar-refractivity contribution in [2.75, 3.05) is 25.5 Å². The zero-order valence-corrected chi connectivity index (χ0v) is 17.9. The van der Waals surface area contributed by atoms with Crippen molar-refractivity contribution in [1.82, 2.24) is 5.32 Å². The number of anilines is 1. The smallest absolute Gasteiger partial charge is 0.261 e. The first kappa shape index (κ1) is 22.4. The van der Waals surface area contributed by atoms with E-state index in [-0.39, 0.29) is 27.9 Å². The van der Waals surface area contributed by atoms with Crippen LogP contribution in [0.15, 0.2) is 41.3 Å². The highest BCUT2D eigenvalue weighted by atomic mass is 32.2. The summed E-state index contributed by atoms with van der Waals surface area (Å²) in [5, 5.41) is 2.75. The molecule has 2 N–H and O–H groups in total. The molecule has 2 aromatic rings. The molecule has 0 saturated heterocycles. The average Bonchev–Trinajstić information content (AvgIpc) is 2.67. The number of sulfonamides is 1. The molecule has 0 atom stereocenters. The van der Waals surface area contributed by atoms with Gasteiger partial charge in [0.05, 0.1) is 37.0 Å². The zero-order valence-electron chi connectivity index (χ0n) is 17.1. The molecule has 0 aliphatic carbocycles. The normalized spacial score (nSPS) is 11.1. The van der Waals surface area contributed by atoms with Crippen molar-refractivity contribution in [2.45, 2.75) is 31.7 Å². The highest BCUT2D eigenvalue weighted by Gasteiger charge is 2.22. The number of hydrogen-bond acceptors (Lipinski definition) is 6. The van der Waals surface area contributed by atoms with Gasteiger partial charge in [0, 0.05) is 12.1 Å². The molecular formula is C20H26N2O6S. The van der Waals surface area contributed by atoms with E-state index in [1.54, 1.807) is 12.1 Å². The van der Waals surface area contributed by atoms with Gasteiger partial charge in [-0.1, -0.05) is 0 Å². The summed E-state index contributed by atoms with van der Waals surface area (Å²) in [4.78, 5) is 12.7. The third kappa shape index (κ3) is 5.54. The van der Waals surface area contributed by atoms with Crippen LogP contribution in [0.2, 0.25) is 0 Å². The minimum atomic E-state index is -3.96. The Morgan fingerprint density at radius 3 is 2.14 bits per heavy atom. The van der Waals surface area contributed by atoms with Crippen LogP contribution >= 0.6 is 0 Å². The maximum Gasteiger partial charge on any atom is 0.261 e. The first-order valence-corrected chi connectivity index (χ1v) is 10.5. The summed E-state index contributed by atoms with van der Waals surface area (Å²) in [5.74, 6) is 0.725. The van der Waals surface area contributed by atoms with Gasteiger partial charge < -0.3 is 19.5 Å². The van der Waals surface area contributed by atoms with Gasteiger partial charge in [0.1, 0.15) is 5.75 Å². The summed E-state index contributed by atoms with van der Waals surface area (Å²) in [6.07, 6.45) is 0. The third-order valence-electron chi connectivity index (χ3n) is 3.88. The Labute approximate surface area is 171 Å². The fraction of sp³-hybridized carbons (Fsp3) is 0.350. The van der Waals surface area contributed by atoms with Crippen LogP contribution in [0.4, 0.5) is 5.69 Å². The Morgan fingerprint density at radius 2 is 1.62 bits per heavy atom. The molecule has 0 heterocycles. The predicted octanol–water partition coefficient (Wildman–Crippen LogP) is 3.04. The van der Waals surface area contributed by atoms with E-state index in [9.17, 15) is 13.2 Å². The van der Waals surface area contributed by atoms with Crippen LogP contribution in [0.1, 0.15) is 31.1 Å². The van der Waals surface area contributed by atoms with Crippen molar-refractivity contribution in [1.29, 1.82) is 0 Å². The van der Waals surface area contributed by atoms with Gasteiger partial charge in [0.15, 0.2) is 11.5 Å². The molecule has 0 fully saturated rings. The summed E-state index contributed by atoms with van der Waals surface area (Å²) in [6.45, 7) is 5.93. The van der Waals surface area contributed by atoms with Gasteiger partial charge in [-0.15, -0.1) is 0 Å². The van der Waals surface area contributed by atoms with Gasteiger partial charge in [-0.3, -0.25) is 9.52 Å². The van der Waals surface area contributed by atoms with E-state index in [1.165, 1.54) is 38.5 Å². The largest absolute Gasteiger partial charge is 0.494 e. The Hall–Kier alpha value is -2.94. The number of hydrogen-bond donors (Lipinski definition) is 2. The number of carbonyl (C=O) groups excluding carboxylic acids is 1. The SMILES string of the molecule is CCOc1ccc(S(=O)(=O)Nc2cc(OC)c(OC)cc2C(=O)NC(C)C)cc1. The van der Waals surface area contributed by atoms with E-state index in [2.05, 4.69) is 10.0 Å². The molecule has 0 aromatic heterocycles. The van der Waals surface area contributed by atoms with E-state index in [1.807, 2.05) is 20.8 Å². The zero-order chi connectivity index (χ0) is 21.6. The van der Waals surface area contributed by atoms with E-state index in [4.69, 9.17) is 14.2 Å². The summed E-state index contributed by atoms with van der Waals surface area (Å²) < 4.78 is 44.0. The fourth-order valence-corrected chi connectivity index (χ4v) is 3.65. The molecule has 0 unspecified atom stereocenters. The lowest BCUT2D eigenvalue weighted by Crippen LogP contribution is -2.31. The van der Waals surface area contributed by atoms with Crippen LogP contribution in [-0.4, -0.2) is 41.2 Å². The lowest BCUT2D eigenvalue weighted by Gasteiger charge is -2.17. The number of carbonyl (C=O) groups is 1. The van der Waals surface area contributed by atoms with E-state index in [0.29, 0.717) is 18.1 Å².